The fourth-order valence-corrected chi connectivity index (χ4v) is 4.99. The van der Waals surface area contributed by atoms with Crippen LogP contribution >= 0.6 is 0 Å². The molecule has 1 heterocycles. The number of hydrogen-bond donors (Lipinski definition) is 1. The molecule has 1 aliphatic rings. The fourth-order valence-electron chi connectivity index (χ4n) is 4.99. The van der Waals surface area contributed by atoms with E-state index in [1.165, 1.54) is 38.3 Å². The van der Waals surface area contributed by atoms with E-state index in [1.807, 2.05) is 18.2 Å². The van der Waals surface area contributed by atoms with Gasteiger partial charge in [0, 0.05) is 18.7 Å². The lowest BCUT2D eigenvalue weighted by atomic mass is 9.94. The smallest absolute Gasteiger partial charge is 0.413 e. The van der Waals surface area contributed by atoms with E-state index in [2.05, 4.69) is 68.2 Å². The lowest BCUT2D eigenvalue weighted by Crippen LogP contribution is -2.40. The summed E-state index contributed by atoms with van der Waals surface area (Å²) in [5.41, 5.74) is 10.4. The van der Waals surface area contributed by atoms with Gasteiger partial charge in [-0.3, -0.25) is 9.89 Å². The first-order valence-corrected chi connectivity index (χ1v) is 12.6. The van der Waals surface area contributed by atoms with Gasteiger partial charge in [-0.25, -0.2) is 4.79 Å². The summed E-state index contributed by atoms with van der Waals surface area (Å²) in [5.74, 6) is 0.559. The zero-order valence-electron chi connectivity index (χ0n) is 21.3. The van der Waals surface area contributed by atoms with Gasteiger partial charge in [0.05, 0.1) is 11.6 Å². The maximum absolute atomic E-state index is 11.6. The van der Waals surface area contributed by atoms with E-state index >= 15 is 0 Å². The zero-order chi connectivity index (χ0) is 25.7. The average molecular weight is 480 g/mol. The summed E-state index contributed by atoms with van der Waals surface area (Å²) in [6.07, 6.45) is 3.62. The molecule has 0 radical (unpaired) electrons. The van der Waals surface area contributed by atoms with Crippen molar-refractivity contribution in [3.8, 4) is 6.07 Å². The Balaban J connectivity index is 1.43. The Bertz CT molecular complexity index is 1350. The van der Waals surface area contributed by atoms with Crippen molar-refractivity contribution in [1.82, 2.24) is 4.90 Å². The van der Waals surface area contributed by atoms with Crippen molar-refractivity contribution < 1.29 is 9.90 Å². The molecule has 0 spiro atoms. The third kappa shape index (κ3) is 6.01. The molecule has 3 aromatic carbocycles. The van der Waals surface area contributed by atoms with Gasteiger partial charge < -0.3 is 5.11 Å². The number of aryl methyl sites for hydroxylation is 7. The highest BCUT2D eigenvalue weighted by Gasteiger charge is 2.23. The van der Waals surface area contributed by atoms with Crippen LogP contribution in [0.1, 0.15) is 56.5 Å². The minimum absolute atomic E-state index is 0.495. The SMILES string of the molecule is Cc1cc(CCc2ccc(C#N)cc2C)cc(CCc2ccc(C3=NCCCN3C(=O)O)cc2C)c1. The average Bonchev–Trinajstić information content (AvgIpc) is 2.87. The van der Waals surface area contributed by atoms with E-state index in [4.69, 9.17) is 5.26 Å². The van der Waals surface area contributed by atoms with Gasteiger partial charge in [0.2, 0.25) is 0 Å². The number of amidine groups is 1. The first kappa shape index (κ1) is 25.2. The van der Waals surface area contributed by atoms with Gasteiger partial charge >= 0.3 is 6.09 Å². The minimum Gasteiger partial charge on any atom is -0.465 e. The van der Waals surface area contributed by atoms with Gasteiger partial charge in [0.15, 0.2) is 0 Å². The maximum Gasteiger partial charge on any atom is 0.413 e. The van der Waals surface area contributed by atoms with E-state index in [-0.39, 0.29) is 0 Å². The number of carbonyl (C=O) groups is 1. The summed E-state index contributed by atoms with van der Waals surface area (Å²) in [7, 11) is 0. The first-order valence-electron chi connectivity index (χ1n) is 12.6. The molecule has 5 nitrogen and oxygen atoms in total. The Morgan fingerprint density at radius 1 is 0.917 bits per heavy atom. The van der Waals surface area contributed by atoms with Crippen LogP contribution < -0.4 is 0 Å². The monoisotopic (exact) mass is 479 g/mol. The molecule has 4 rings (SSSR count). The Hall–Kier alpha value is -3.91. The highest BCUT2D eigenvalue weighted by atomic mass is 16.4. The second kappa shape index (κ2) is 11.2. The molecule has 0 saturated carbocycles. The zero-order valence-corrected chi connectivity index (χ0v) is 21.3. The van der Waals surface area contributed by atoms with Crippen molar-refractivity contribution in [3.63, 3.8) is 0 Å². The van der Waals surface area contributed by atoms with Crippen LogP contribution in [0.15, 0.2) is 59.6 Å². The molecule has 5 heteroatoms. The molecule has 1 amide bonds. The minimum atomic E-state index is -0.945. The molecule has 0 aliphatic carbocycles. The summed E-state index contributed by atoms with van der Waals surface area (Å²) < 4.78 is 0. The van der Waals surface area contributed by atoms with Crippen molar-refractivity contribution in [1.29, 1.82) is 5.26 Å². The number of nitriles is 1. The number of rotatable bonds is 7. The fraction of sp³-hybridized carbons (Fsp3) is 0.323. The summed E-state index contributed by atoms with van der Waals surface area (Å²) in [6.45, 7) is 7.48. The number of hydrogen-bond acceptors (Lipinski definition) is 3. The van der Waals surface area contributed by atoms with Crippen molar-refractivity contribution in [2.75, 3.05) is 13.1 Å². The number of amides is 1. The second-order valence-corrected chi connectivity index (χ2v) is 9.71. The van der Waals surface area contributed by atoms with Crippen LogP contribution in [0.5, 0.6) is 0 Å². The van der Waals surface area contributed by atoms with Gasteiger partial charge in [0.1, 0.15) is 5.84 Å². The second-order valence-electron chi connectivity index (χ2n) is 9.71. The number of nitrogens with zero attached hydrogens (tertiary/aromatic N) is 3. The van der Waals surface area contributed by atoms with Crippen LogP contribution in [0.4, 0.5) is 4.79 Å². The van der Waals surface area contributed by atoms with Gasteiger partial charge in [-0.05, 0) is 104 Å². The molecule has 1 N–H and O–H groups in total. The van der Waals surface area contributed by atoms with Crippen molar-refractivity contribution >= 4 is 11.9 Å². The Morgan fingerprint density at radius 2 is 1.56 bits per heavy atom. The standard InChI is InChI=1S/C31H33N3O2/c1-21-15-24(5-8-27-10-7-26(20-32)17-22(27)2)19-25(16-21)6-9-28-11-12-29(18-23(28)3)30-33-13-4-14-34(30)31(35)36/h7,10-12,15-19H,4-6,8-9,13-14H2,1-3H3,(H,35,36). The summed E-state index contributed by atoms with van der Waals surface area (Å²) >= 11 is 0. The predicted molar refractivity (Wildman–Crippen MR) is 144 cm³/mol. The molecule has 0 bridgehead atoms. The summed E-state index contributed by atoms with van der Waals surface area (Å²) in [6, 6.07) is 21.2. The molecule has 0 atom stereocenters. The van der Waals surface area contributed by atoms with Crippen molar-refractivity contribution in [2.45, 2.75) is 52.9 Å². The Labute approximate surface area is 213 Å². The topological polar surface area (TPSA) is 76.7 Å². The van der Waals surface area contributed by atoms with E-state index in [9.17, 15) is 9.90 Å². The molecule has 0 saturated heterocycles. The molecular formula is C31H33N3O2. The largest absolute Gasteiger partial charge is 0.465 e. The van der Waals surface area contributed by atoms with Gasteiger partial charge in [-0.15, -0.1) is 0 Å². The van der Waals surface area contributed by atoms with Crippen LogP contribution in [0.3, 0.4) is 0 Å². The third-order valence-corrected chi connectivity index (χ3v) is 6.92. The van der Waals surface area contributed by atoms with E-state index < -0.39 is 6.09 Å². The third-order valence-electron chi connectivity index (χ3n) is 6.92. The van der Waals surface area contributed by atoms with Crippen LogP contribution in [-0.4, -0.2) is 35.0 Å². The van der Waals surface area contributed by atoms with Gasteiger partial charge in [-0.2, -0.15) is 5.26 Å². The highest BCUT2D eigenvalue weighted by Crippen LogP contribution is 2.20. The van der Waals surface area contributed by atoms with Gasteiger partial charge in [-0.1, -0.05) is 42.0 Å². The molecule has 36 heavy (non-hydrogen) atoms. The lowest BCUT2D eigenvalue weighted by molar-refractivity contribution is 0.167. The van der Waals surface area contributed by atoms with Gasteiger partial charge in [0.25, 0.3) is 0 Å². The van der Waals surface area contributed by atoms with E-state index in [0.29, 0.717) is 24.5 Å². The first-order chi connectivity index (χ1) is 17.3. The summed E-state index contributed by atoms with van der Waals surface area (Å²) in [4.78, 5) is 17.4. The maximum atomic E-state index is 11.6. The van der Waals surface area contributed by atoms with Crippen LogP contribution in [0.25, 0.3) is 0 Å². The van der Waals surface area contributed by atoms with Crippen LogP contribution in [-0.2, 0) is 25.7 Å². The van der Waals surface area contributed by atoms with E-state index in [0.717, 1.165) is 43.2 Å². The molecule has 0 aromatic heterocycles. The Morgan fingerprint density at radius 3 is 2.14 bits per heavy atom. The van der Waals surface area contributed by atoms with E-state index in [1.54, 1.807) is 0 Å². The van der Waals surface area contributed by atoms with Crippen molar-refractivity contribution in [2.24, 2.45) is 4.99 Å². The highest BCUT2D eigenvalue weighted by molar-refractivity contribution is 6.06. The van der Waals surface area contributed by atoms with Crippen LogP contribution in [0, 0.1) is 32.1 Å². The summed E-state index contributed by atoms with van der Waals surface area (Å²) in [5, 5.41) is 18.6. The normalized spacial score (nSPS) is 13.3. The quantitative estimate of drug-likeness (QED) is 0.439. The molecule has 184 valence electrons. The lowest BCUT2D eigenvalue weighted by Gasteiger charge is -2.25. The Kier molecular flexibility index (Phi) is 7.85. The number of carboxylic acid groups (broad SMARTS) is 1. The molecule has 0 unspecified atom stereocenters. The molecule has 1 aliphatic heterocycles. The number of aliphatic imine (C=N–C) groups is 1. The molecule has 0 fully saturated rings. The number of benzene rings is 3. The predicted octanol–water partition coefficient (Wildman–Crippen LogP) is 6.18. The molecular weight excluding hydrogens is 446 g/mol. The van der Waals surface area contributed by atoms with Crippen LogP contribution in [0.2, 0.25) is 0 Å². The molecule has 3 aromatic rings. The van der Waals surface area contributed by atoms with Crippen molar-refractivity contribution in [3.05, 3.63) is 105 Å².